The molecule has 2 N–H and O–H groups in total. The van der Waals surface area contributed by atoms with Crippen LogP contribution in [0.3, 0.4) is 0 Å². The van der Waals surface area contributed by atoms with Gasteiger partial charge in [0.2, 0.25) is 0 Å². The van der Waals surface area contributed by atoms with Crippen LogP contribution in [0, 0.1) is 0 Å². The minimum absolute atomic E-state index is 0.0866. The van der Waals surface area contributed by atoms with Gasteiger partial charge in [-0.1, -0.05) is 19.4 Å². The minimum Gasteiger partial charge on any atom is -0.392 e. The lowest BCUT2D eigenvalue weighted by molar-refractivity contribution is 0.160. The van der Waals surface area contributed by atoms with Crippen LogP contribution in [0.2, 0.25) is 0 Å². The molecule has 1 atom stereocenters. The van der Waals surface area contributed by atoms with E-state index in [1.165, 1.54) is 10.5 Å². The molecule has 0 bridgehead atoms. The molecule has 2 heterocycles. The summed E-state index contributed by atoms with van der Waals surface area (Å²) in [6, 6.07) is 6.97. The van der Waals surface area contributed by atoms with E-state index in [1.807, 2.05) is 13.0 Å². The SMILES string of the molecule is CCCC(O)CNCc1cc(=O)n2ccccc2n1. The molecule has 0 aliphatic heterocycles. The molecule has 2 rings (SSSR count). The Hall–Kier alpha value is -1.72. The van der Waals surface area contributed by atoms with Crippen LogP contribution in [0.15, 0.2) is 35.3 Å². The van der Waals surface area contributed by atoms with Crippen molar-refractivity contribution in [1.29, 1.82) is 0 Å². The Morgan fingerprint density at radius 1 is 1.47 bits per heavy atom. The number of hydrogen-bond donors (Lipinski definition) is 2. The van der Waals surface area contributed by atoms with E-state index in [2.05, 4.69) is 10.3 Å². The summed E-state index contributed by atoms with van der Waals surface area (Å²) in [5, 5.41) is 12.7. The van der Waals surface area contributed by atoms with Gasteiger partial charge in [0, 0.05) is 25.4 Å². The summed E-state index contributed by atoms with van der Waals surface area (Å²) in [6.45, 7) is 3.04. The van der Waals surface area contributed by atoms with Crippen molar-refractivity contribution in [1.82, 2.24) is 14.7 Å². The molecule has 0 aromatic carbocycles. The first kappa shape index (κ1) is 13.7. The molecule has 0 amide bonds. The summed E-state index contributed by atoms with van der Waals surface area (Å²) in [5.74, 6) is 0. The summed E-state index contributed by atoms with van der Waals surface area (Å²) in [6.07, 6.45) is 3.10. The first-order chi connectivity index (χ1) is 9.20. The quantitative estimate of drug-likeness (QED) is 0.812. The first-order valence-corrected chi connectivity index (χ1v) is 6.57. The topological polar surface area (TPSA) is 66.6 Å². The average Bonchev–Trinajstić information content (AvgIpc) is 2.39. The number of hydrogen-bond acceptors (Lipinski definition) is 4. The second-order valence-electron chi connectivity index (χ2n) is 4.59. The van der Waals surface area contributed by atoms with Crippen LogP contribution in [-0.4, -0.2) is 27.1 Å². The van der Waals surface area contributed by atoms with Gasteiger partial charge in [0.05, 0.1) is 11.8 Å². The molecule has 0 fully saturated rings. The average molecular weight is 261 g/mol. The van der Waals surface area contributed by atoms with Crippen LogP contribution < -0.4 is 10.9 Å². The molecule has 5 nitrogen and oxygen atoms in total. The van der Waals surface area contributed by atoms with Crippen molar-refractivity contribution in [3.63, 3.8) is 0 Å². The van der Waals surface area contributed by atoms with Gasteiger partial charge in [-0.3, -0.25) is 9.20 Å². The summed E-state index contributed by atoms with van der Waals surface area (Å²) in [4.78, 5) is 16.2. The monoisotopic (exact) mass is 261 g/mol. The molecule has 0 saturated heterocycles. The zero-order valence-electron chi connectivity index (χ0n) is 11.0. The standard InChI is InChI=1S/C14H19N3O2/c1-2-5-12(18)10-15-9-11-8-14(19)17-7-4-3-6-13(17)16-11/h3-4,6-8,12,15,18H,2,5,9-10H2,1H3. The Kier molecular flexibility index (Phi) is 4.65. The van der Waals surface area contributed by atoms with Crippen molar-refractivity contribution in [2.45, 2.75) is 32.4 Å². The number of fused-ring (bicyclic) bond motifs is 1. The van der Waals surface area contributed by atoms with Gasteiger partial charge < -0.3 is 10.4 Å². The maximum absolute atomic E-state index is 11.8. The van der Waals surface area contributed by atoms with Gasteiger partial charge in [0.1, 0.15) is 5.65 Å². The third kappa shape index (κ3) is 3.62. The van der Waals surface area contributed by atoms with Crippen molar-refractivity contribution in [3.8, 4) is 0 Å². The molecule has 0 saturated carbocycles. The lowest BCUT2D eigenvalue weighted by Gasteiger charge is -2.10. The molecule has 0 aliphatic carbocycles. The normalized spacial score (nSPS) is 12.7. The highest BCUT2D eigenvalue weighted by atomic mass is 16.3. The van der Waals surface area contributed by atoms with Gasteiger partial charge in [-0.2, -0.15) is 0 Å². The zero-order valence-corrected chi connectivity index (χ0v) is 11.0. The number of aliphatic hydroxyl groups excluding tert-OH is 1. The minimum atomic E-state index is -0.341. The van der Waals surface area contributed by atoms with Crippen molar-refractivity contribution in [2.24, 2.45) is 0 Å². The third-order valence-electron chi connectivity index (χ3n) is 2.93. The molecular weight excluding hydrogens is 242 g/mol. The van der Waals surface area contributed by atoms with Gasteiger partial charge >= 0.3 is 0 Å². The summed E-state index contributed by atoms with van der Waals surface area (Å²) in [5.41, 5.74) is 1.25. The second kappa shape index (κ2) is 6.45. The zero-order chi connectivity index (χ0) is 13.7. The highest BCUT2D eigenvalue weighted by Gasteiger charge is 2.04. The molecule has 5 heteroatoms. The first-order valence-electron chi connectivity index (χ1n) is 6.57. The maximum Gasteiger partial charge on any atom is 0.258 e. The Balaban J connectivity index is 2.03. The van der Waals surface area contributed by atoms with E-state index in [9.17, 15) is 9.90 Å². The molecular formula is C14H19N3O2. The molecule has 102 valence electrons. The van der Waals surface area contributed by atoms with Crippen LogP contribution in [0.25, 0.3) is 5.65 Å². The van der Waals surface area contributed by atoms with Gasteiger partial charge in [-0.05, 0) is 18.6 Å². The van der Waals surface area contributed by atoms with Crippen molar-refractivity contribution >= 4 is 5.65 Å². The van der Waals surface area contributed by atoms with Crippen LogP contribution in [0.4, 0.5) is 0 Å². The Bertz CT molecular complexity index is 595. The number of aliphatic hydroxyl groups is 1. The summed E-state index contributed by atoms with van der Waals surface area (Å²) >= 11 is 0. The summed E-state index contributed by atoms with van der Waals surface area (Å²) in [7, 11) is 0. The molecule has 1 unspecified atom stereocenters. The van der Waals surface area contributed by atoms with Crippen LogP contribution in [-0.2, 0) is 6.54 Å². The Labute approximate surface area is 111 Å². The largest absolute Gasteiger partial charge is 0.392 e. The van der Waals surface area contributed by atoms with Crippen molar-refractivity contribution in [2.75, 3.05) is 6.54 Å². The second-order valence-corrected chi connectivity index (χ2v) is 4.59. The van der Waals surface area contributed by atoms with E-state index in [1.54, 1.807) is 18.3 Å². The molecule has 2 aromatic rings. The lowest BCUT2D eigenvalue weighted by Crippen LogP contribution is -2.27. The van der Waals surface area contributed by atoms with Gasteiger partial charge in [0.25, 0.3) is 5.56 Å². The van der Waals surface area contributed by atoms with Crippen LogP contribution >= 0.6 is 0 Å². The van der Waals surface area contributed by atoms with E-state index >= 15 is 0 Å². The predicted molar refractivity (Wildman–Crippen MR) is 74.1 cm³/mol. The van der Waals surface area contributed by atoms with E-state index in [-0.39, 0.29) is 11.7 Å². The lowest BCUT2D eigenvalue weighted by atomic mass is 10.2. The van der Waals surface area contributed by atoms with Gasteiger partial charge in [0.15, 0.2) is 0 Å². The molecule has 19 heavy (non-hydrogen) atoms. The van der Waals surface area contributed by atoms with Crippen molar-refractivity contribution in [3.05, 3.63) is 46.5 Å². The Morgan fingerprint density at radius 2 is 2.32 bits per heavy atom. The number of nitrogens with zero attached hydrogens (tertiary/aromatic N) is 2. The number of nitrogens with one attached hydrogen (secondary N) is 1. The fourth-order valence-corrected chi connectivity index (χ4v) is 2.00. The number of aromatic nitrogens is 2. The molecule has 2 aromatic heterocycles. The highest BCUT2D eigenvalue weighted by Crippen LogP contribution is 1.99. The summed E-state index contributed by atoms with van der Waals surface area (Å²) < 4.78 is 1.51. The van der Waals surface area contributed by atoms with E-state index < -0.39 is 0 Å². The highest BCUT2D eigenvalue weighted by molar-refractivity contribution is 5.37. The van der Waals surface area contributed by atoms with E-state index in [4.69, 9.17) is 0 Å². The molecule has 0 radical (unpaired) electrons. The van der Waals surface area contributed by atoms with Crippen molar-refractivity contribution < 1.29 is 5.11 Å². The third-order valence-corrected chi connectivity index (χ3v) is 2.93. The maximum atomic E-state index is 11.8. The van der Waals surface area contributed by atoms with E-state index in [0.29, 0.717) is 24.4 Å². The van der Waals surface area contributed by atoms with Gasteiger partial charge in [-0.15, -0.1) is 0 Å². The van der Waals surface area contributed by atoms with Gasteiger partial charge in [-0.25, -0.2) is 4.98 Å². The fourth-order valence-electron chi connectivity index (χ4n) is 2.00. The molecule has 0 spiro atoms. The number of rotatable bonds is 6. The molecule has 0 aliphatic rings. The predicted octanol–water partition coefficient (Wildman–Crippen LogP) is 0.945. The fraction of sp³-hybridized carbons (Fsp3) is 0.429. The van der Waals surface area contributed by atoms with Crippen LogP contribution in [0.5, 0.6) is 0 Å². The smallest absolute Gasteiger partial charge is 0.258 e. The van der Waals surface area contributed by atoms with Crippen LogP contribution in [0.1, 0.15) is 25.5 Å². The Morgan fingerprint density at radius 3 is 3.11 bits per heavy atom. The van der Waals surface area contributed by atoms with E-state index in [0.717, 1.165) is 12.8 Å². The number of pyridine rings is 1.